The van der Waals surface area contributed by atoms with Gasteiger partial charge in [-0.15, -0.1) is 0 Å². The quantitative estimate of drug-likeness (QED) is 0.316. The van der Waals surface area contributed by atoms with E-state index in [1.807, 2.05) is 26.0 Å². The van der Waals surface area contributed by atoms with Crippen LogP contribution in [0.5, 0.6) is 23.0 Å². The Kier molecular flexibility index (Phi) is 9.93. The standard InChI is InChI=1S/C36H42O12/c1-17-35(47-15-39-3)31-23(13-45-17)33(37)27-21(9-19(41-5)11-25(27)43-7)29(31)30-22-10-20(42-6)12-26(44-8)28(22)34(38)24-14-46-18(2)36(32(24)30)48-16-40-4/h9-12,17-18,29-30,35-36H,13-16H2,1-8H3/t17-,18-,29?,30?,35+,36+/m0/s1. The Bertz CT molecular complexity index is 1540. The predicted octanol–water partition coefficient (Wildman–Crippen LogP) is 4.39. The lowest BCUT2D eigenvalue weighted by Crippen LogP contribution is -2.47. The molecule has 0 fully saturated rings. The summed E-state index contributed by atoms with van der Waals surface area (Å²) in [6.45, 7) is 3.85. The molecule has 0 saturated heterocycles. The van der Waals surface area contributed by atoms with Crippen LogP contribution in [0.1, 0.15) is 57.5 Å². The van der Waals surface area contributed by atoms with E-state index in [0.717, 1.165) is 11.1 Å². The minimum atomic E-state index is -0.679. The number of ether oxygens (including phenoxy) is 10. The minimum Gasteiger partial charge on any atom is -0.497 e. The zero-order chi connectivity index (χ0) is 34.3. The molecule has 2 aromatic carbocycles. The smallest absolute Gasteiger partial charge is 0.195 e. The van der Waals surface area contributed by atoms with E-state index >= 15 is 0 Å². The fourth-order valence-corrected chi connectivity index (χ4v) is 7.59. The van der Waals surface area contributed by atoms with Crippen molar-refractivity contribution < 1.29 is 57.0 Å². The predicted molar refractivity (Wildman–Crippen MR) is 172 cm³/mol. The highest BCUT2D eigenvalue weighted by atomic mass is 16.7. The van der Waals surface area contributed by atoms with Crippen LogP contribution in [-0.2, 0) is 28.4 Å². The summed E-state index contributed by atoms with van der Waals surface area (Å²) in [5, 5.41) is 0. The fraction of sp³-hybridized carbons (Fsp3) is 0.500. The lowest BCUT2D eigenvalue weighted by Gasteiger charge is -2.48. The Labute approximate surface area is 279 Å². The van der Waals surface area contributed by atoms with E-state index in [0.29, 0.717) is 56.4 Å². The summed E-state index contributed by atoms with van der Waals surface area (Å²) in [6, 6.07) is 7.11. The van der Waals surface area contributed by atoms with Crippen LogP contribution in [0.4, 0.5) is 0 Å². The van der Waals surface area contributed by atoms with Crippen molar-refractivity contribution in [1.82, 2.24) is 0 Å². The van der Waals surface area contributed by atoms with Gasteiger partial charge in [0.25, 0.3) is 0 Å². The third-order valence-corrected chi connectivity index (χ3v) is 9.67. The normalized spacial score (nSPS) is 26.4. The van der Waals surface area contributed by atoms with Gasteiger partial charge in [-0.25, -0.2) is 0 Å². The minimum absolute atomic E-state index is 0.0376. The summed E-state index contributed by atoms with van der Waals surface area (Å²) >= 11 is 0. The molecule has 6 atom stereocenters. The van der Waals surface area contributed by atoms with Crippen LogP contribution in [0.25, 0.3) is 0 Å². The second-order valence-electron chi connectivity index (χ2n) is 12.1. The van der Waals surface area contributed by atoms with Crippen LogP contribution >= 0.6 is 0 Å². The zero-order valence-electron chi connectivity index (χ0n) is 28.5. The van der Waals surface area contributed by atoms with Gasteiger partial charge in [0.05, 0.1) is 65.0 Å². The van der Waals surface area contributed by atoms with E-state index in [-0.39, 0.29) is 38.4 Å². The maximum Gasteiger partial charge on any atom is 0.195 e. The summed E-state index contributed by atoms with van der Waals surface area (Å²) < 4.78 is 58.8. The van der Waals surface area contributed by atoms with Gasteiger partial charge in [0.1, 0.15) is 48.8 Å². The van der Waals surface area contributed by atoms with E-state index in [9.17, 15) is 9.59 Å². The first kappa shape index (κ1) is 34.1. The second-order valence-corrected chi connectivity index (χ2v) is 12.1. The van der Waals surface area contributed by atoms with Gasteiger partial charge < -0.3 is 47.4 Å². The van der Waals surface area contributed by atoms with E-state index in [1.54, 1.807) is 26.4 Å². The summed E-state index contributed by atoms with van der Waals surface area (Å²) in [4.78, 5) is 29.0. The van der Waals surface area contributed by atoms with Crippen LogP contribution in [0.2, 0.25) is 0 Å². The molecular formula is C36H42O12. The molecule has 2 aromatic rings. The lowest BCUT2D eigenvalue weighted by atomic mass is 9.60. The van der Waals surface area contributed by atoms with E-state index < -0.39 is 36.3 Å². The van der Waals surface area contributed by atoms with Crippen LogP contribution in [0.15, 0.2) is 46.6 Å². The van der Waals surface area contributed by atoms with Crippen molar-refractivity contribution in [3.05, 3.63) is 68.8 Å². The SMILES string of the molecule is COCO[C@H]1C2=C(CO[C@H]1C)C(=O)c1c(OC)cc(OC)cc1C2C1C2=C(CO[C@@H](C)[C@H]2OCOC)C(=O)c2c(OC)cc(OC)cc21. The first-order valence-electron chi connectivity index (χ1n) is 15.8. The molecule has 0 spiro atoms. The van der Waals surface area contributed by atoms with Crippen molar-refractivity contribution >= 4 is 11.6 Å². The molecule has 12 nitrogen and oxygen atoms in total. The van der Waals surface area contributed by atoms with Crippen molar-refractivity contribution in [1.29, 1.82) is 0 Å². The van der Waals surface area contributed by atoms with Crippen molar-refractivity contribution in [2.75, 3.05) is 69.5 Å². The van der Waals surface area contributed by atoms with Gasteiger partial charge in [0, 0.05) is 49.3 Å². The first-order valence-corrected chi connectivity index (χ1v) is 15.8. The molecule has 0 amide bonds. The number of rotatable bonds is 11. The van der Waals surface area contributed by atoms with Crippen LogP contribution in [0, 0.1) is 0 Å². The number of carbonyl (C=O) groups is 2. The molecule has 0 saturated carbocycles. The third-order valence-electron chi connectivity index (χ3n) is 9.67. The van der Waals surface area contributed by atoms with E-state index in [2.05, 4.69) is 0 Å². The van der Waals surface area contributed by atoms with Crippen molar-refractivity contribution in [2.45, 2.75) is 50.1 Å². The van der Waals surface area contributed by atoms with E-state index in [1.165, 1.54) is 28.4 Å². The number of Topliss-reactive ketones (excluding diaryl/α,β-unsaturated/α-hetero) is 2. The van der Waals surface area contributed by atoms with Crippen LogP contribution in [0.3, 0.4) is 0 Å². The molecule has 12 heteroatoms. The maximum atomic E-state index is 14.5. The summed E-state index contributed by atoms with van der Waals surface area (Å²) in [5.41, 5.74) is 4.44. The Morgan fingerprint density at radius 3 is 1.33 bits per heavy atom. The van der Waals surface area contributed by atoms with Gasteiger partial charge in [0.15, 0.2) is 11.6 Å². The van der Waals surface area contributed by atoms with Gasteiger partial charge in [-0.2, -0.15) is 0 Å². The largest absolute Gasteiger partial charge is 0.497 e. The van der Waals surface area contributed by atoms with Crippen LogP contribution < -0.4 is 18.9 Å². The van der Waals surface area contributed by atoms with Gasteiger partial charge in [-0.1, -0.05) is 0 Å². The number of fused-ring (bicyclic) bond motifs is 2. The van der Waals surface area contributed by atoms with Crippen LogP contribution in [-0.4, -0.2) is 105 Å². The first-order chi connectivity index (χ1) is 23.2. The van der Waals surface area contributed by atoms with Crippen molar-refractivity contribution in [3.8, 4) is 23.0 Å². The summed E-state index contributed by atoms with van der Waals surface area (Å²) in [5.74, 6) is 0.0522. The molecule has 6 rings (SSSR count). The molecule has 2 unspecified atom stereocenters. The molecule has 0 N–H and O–H groups in total. The number of methoxy groups -OCH3 is 6. The molecule has 2 heterocycles. The monoisotopic (exact) mass is 666 g/mol. The molecule has 48 heavy (non-hydrogen) atoms. The van der Waals surface area contributed by atoms with Gasteiger partial charge >= 0.3 is 0 Å². The van der Waals surface area contributed by atoms with Gasteiger partial charge in [-0.3, -0.25) is 9.59 Å². The Hall–Kier alpha value is -3.78. The molecule has 258 valence electrons. The molecule has 2 aliphatic carbocycles. The zero-order valence-corrected chi connectivity index (χ0v) is 28.5. The summed E-state index contributed by atoms with van der Waals surface area (Å²) in [7, 11) is 9.24. The lowest BCUT2D eigenvalue weighted by molar-refractivity contribution is -0.119. The van der Waals surface area contributed by atoms with Gasteiger partial charge in [-0.05, 0) is 48.3 Å². The molecule has 4 aliphatic rings. The number of carbonyl (C=O) groups excluding carboxylic acids is 2. The highest BCUT2D eigenvalue weighted by Gasteiger charge is 2.53. The third kappa shape index (κ3) is 5.50. The fourth-order valence-electron chi connectivity index (χ4n) is 7.59. The highest BCUT2D eigenvalue weighted by Crippen LogP contribution is 2.58. The average molecular weight is 667 g/mol. The molecular weight excluding hydrogens is 624 g/mol. The van der Waals surface area contributed by atoms with E-state index in [4.69, 9.17) is 47.4 Å². The maximum absolute atomic E-state index is 14.5. The van der Waals surface area contributed by atoms with Crippen molar-refractivity contribution in [3.63, 3.8) is 0 Å². The Morgan fingerprint density at radius 1 is 0.604 bits per heavy atom. The van der Waals surface area contributed by atoms with Crippen molar-refractivity contribution in [2.24, 2.45) is 0 Å². The average Bonchev–Trinajstić information content (AvgIpc) is 3.10. The molecule has 0 radical (unpaired) electrons. The molecule has 2 aliphatic heterocycles. The number of benzene rings is 2. The Balaban J connectivity index is 1.75. The molecule has 0 aromatic heterocycles. The topological polar surface area (TPSA) is 126 Å². The number of hydrogen-bond acceptors (Lipinski definition) is 12. The summed E-state index contributed by atoms with van der Waals surface area (Å²) in [6.07, 6.45) is -2.23. The molecule has 0 bridgehead atoms. The number of hydrogen-bond donors (Lipinski definition) is 0. The second kappa shape index (κ2) is 14.0. The number of ketones is 2. The Morgan fingerprint density at radius 2 is 1.00 bits per heavy atom. The van der Waals surface area contributed by atoms with Gasteiger partial charge in [0.2, 0.25) is 0 Å². The highest BCUT2D eigenvalue weighted by molar-refractivity contribution is 6.16.